The number of hydrogen-bond donors (Lipinski definition) is 2. The second-order valence-electron chi connectivity index (χ2n) is 4.92. The molecule has 4 heteroatoms. The first kappa shape index (κ1) is 15.7. The maximum Gasteiger partial charge on any atom is 0.159 e. The van der Waals surface area contributed by atoms with Gasteiger partial charge in [-0.1, -0.05) is 0 Å². The Hall–Kier alpha value is -1.39. The highest BCUT2D eigenvalue weighted by molar-refractivity contribution is 5.94. The Bertz CT molecular complexity index is 418. The summed E-state index contributed by atoms with van der Waals surface area (Å²) < 4.78 is 0. The van der Waals surface area contributed by atoms with Crippen LogP contribution in [-0.2, 0) is 6.54 Å². The molecule has 0 aliphatic heterocycles. The number of carbonyl (C=O) groups excluding carboxylic acids is 1. The summed E-state index contributed by atoms with van der Waals surface area (Å²) in [7, 11) is 1.98. The Morgan fingerprint density at radius 3 is 2.63 bits per heavy atom. The third kappa shape index (κ3) is 5.41. The summed E-state index contributed by atoms with van der Waals surface area (Å²) in [5, 5.41) is 18.5. The van der Waals surface area contributed by atoms with E-state index in [4.69, 9.17) is 5.11 Å². The van der Waals surface area contributed by atoms with Crippen LogP contribution in [-0.4, -0.2) is 41.1 Å². The Morgan fingerprint density at radius 1 is 1.26 bits per heavy atom. The third-order valence-electron chi connectivity index (χ3n) is 3.12. The zero-order valence-electron chi connectivity index (χ0n) is 11.7. The molecule has 0 saturated heterocycles. The number of carbonyl (C=O) groups is 1. The lowest BCUT2D eigenvalue weighted by Crippen LogP contribution is -2.19. The summed E-state index contributed by atoms with van der Waals surface area (Å²) in [5.74, 6) is 0.235. The Balaban J connectivity index is 2.55. The van der Waals surface area contributed by atoms with Crippen molar-refractivity contribution in [2.24, 2.45) is 0 Å². The second kappa shape index (κ2) is 7.92. The van der Waals surface area contributed by atoms with E-state index in [0.717, 1.165) is 31.4 Å². The van der Waals surface area contributed by atoms with Crippen LogP contribution in [0.4, 0.5) is 0 Å². The van der Waals surface area contributed by atoms with Crippen LogP contribution in [0.25, 0.3) is 0 Å². The summed E-state index contributed by atoms with van der Waals surface area (Å²) in [4.78, 5) is 13.4. The van der Waals surface area contributed by atoms with Gasteiger partial charge in [0.05, 0.1) is 0 Å². The summed E-state index contributed by atoms with van der Waals surface area (Å²) >= 11 is 0. The van der Waals surface area contributed by atoms with Gasteiger partial charge in [0.2, 0.25) is 0 Å². The number of rotatable bonds is 8. The second-order valence-corrected chi connectivity index (χ2v) is 4.92. The highest BCUT2D eigenvalue weighted by atomic mass is 16.3. The number of aliphatic hydroxyl groups is 1. The number of benzene rings is 1. The minimum atomic E-state index is 0.00634. The van der Waals surface area contributed by atoms with E-state index in [1.807, 2.05) is 7.05 Å². The van der Waals surface area contributed by atoms with Gasteiger partial charge < -0.3 is 15.1 Å². The van der Waals surface area contributed by atoms with Crippen molar-refractivity contribution in [2.75, 3.05) is 20.2 Å². The summed E-state index contributed by atoms with van der Waals surface area (Å²) in [6.07, 6.45) is 2.85. The van der Waals surface area contributed by atoms with Crippen molar-refractivity contribution in [2.45, 2.75) is 32.7 Å². The number of aromatic hydroxyl groups is 1. The molecule has 0 saturated carbocycles. The minimum absolute atomic E-state index is 0.00634. The van der Waals surface area contributed by atoms with Gasteiger partial charge in [-0.2, -0.15) is 0 Å². The molecule has 0 fully saturated rings. The quantitative estimate of drug-likeness (QED) is 0.559. The van der Waals surface area contributed by atoms with Gasteiger partial charge in [0, 0.05) is 24.3 Å². The van der Waals surface area contributed by atoms with Gasteiger partial charge in [-0.05, 0) is 58.0 Å². The molecule has 0 unspecified atom stereocenters. The van der Waals surface area contributed by atoms with Crippen LogP contribution in [0.15, 0.2) is 18.2 Å². The van der Waals surface area contributed by atoms with Gasteiger partial charge in [0.25, 0.3) is 0 Å². The summed E-state index contributed by atoms with van der Waals surface area (Å²) in [6.45, 7) is 3.29. The fourth-order valence-corrected chi connectivity index (χ4v) is 1.97. The molecular weight excluding hydrogens is 242 g/mol. The van der Waals surface area contributed by atoms with Crippen LogP contribution in [0.3, 0.4) is 0 Å². The number of Topliss-reactive ketones (excluding diaryl/α,β-unsaturated/α-hetero) is 1. The smallest absolute Gasteiger partial charge is 0.159 e. The lowest BCUT2D eigenvalue weighted by molar-refractivity contribution is 0.101. The largest absolute Gasteiger partial charge is 0.508 e. The molecule has 19 heavy (non-hydrogen) atoms. The monoisotopic (exact) mass is 265 g/mol. The molecule has 106 valence electrons. The SMILES string of the molecule is CC(=O)c1ccc(O)c(CN(C)CCCCCO)c1. The maximum atomic E-state index is 11.3. The molecule has 2 N–H and O–H groups in total. The van der Waals surface area contributed by atoms with E-state index in [0.29, 0.717) is 12.1 Å². The molecule has 0 aromatic heterocycles. The molecule has 0 bridgehead atoms. The van der Waals surface area contributed by atoms with Crippen LogP contribution in [0.5, 0.6) is 5.75 Å². The van der Waals surface area contributed by atoms with E-state index in [9.17, 15) is 9.90 Å². The van der Waals surface area contributed by atoms with Crippen molar-refractivity contribution >= 4 is 5.78 Å². The first-order valence-electron chi connectivity index (χ1n) is 6.67. The maximum absolute atomic E-state index is 11.3. The van der Waals surface area contributed by atoms with E-state index >= 15 is 0 Å². The van der Waals surface area contributed by atoms with Gasteiger partial charge >= 0.3 is 0 Å². The van der Waals surface area contributed by atoms with Gasteiger partial charge in [-0.25, -0.2) is 0 Å². The van der Waals surface area contributed by atoms with E-state index in [2.05, 4.69) is 4.90 Å². The van der Waals surface area contributed by atoms with Gasteiger partial charge in [-0.15, -0.1) is 0 Å². The average molecular weight is 265 g/mol. The van der Waals surface area contributed by atoms with Gasteiger partial charge in [0.15, 0.2) is 5.78 Å². The fourth-order valence-electron chi connectivity index (χ4n) is 1.97. The van der Waals surface area contributed by atoms with E-state index in [1.165, 1.54) is 6.92 Å². The lowest BCUT2D eigenvalue weighted by Gasteiger charge is -2.17. The van der Waals surface area contributed by atoms with E-state index in [1.54, 1.807) is 18.2 Å². The molecule has 1 aromatic rings. The number of unbranched alkanes of at least 4 members (excludes halogenated alkanes) is 2. The Kier molecular flexibility index (Phi) is 6.53. The predicted molar refractivity (Wildman–Crippen MR) is 75.4 cm³/mol. The van der Waals surface area contributed by atoms with E-state index < -0.39 is 0 Å². The predicted octanol–water partition coefficient (Wildman–Crippen LogP) is 2.19. The Labute approximate surface area is 114 Å². The number of phenolic OH excluding ortho intramolecular Hbond substituents is 1. The molecule has 0 heterocycles. The molecule has 0 aliphatic rings. The fraction of sp³-hybridized carbons (Fsp3) is 0.533. The van der Waals surface area contributed by atoms with Gasteiger partial charge in [0.1, 0.15) is 5.75 Å². The molecule has 1 rings (SSSR count). The number of phenols is 1. The molecule has 0 aliphatic carbocycles. The number of nitrogens with zero attached hydrogens (tertiary/aromatic N) is 1. The van der Waals surface area contributed by atoms with Crippen molar-refractivity contribution in [3.8, 4) is 5.75 Å². The first-order chi connectivity index (χ1) is 9.04. The molecule has 0 radical (unpaired) electrons. The van der Waals surface area contributed by atoms with E-state index in [-0.39, 0.29) is 18.1 Å². The molecule has 0 amide bonds. The summed E-state index contributed by atoms with van der Waals surface area (Å²) in [6, 6.07) is 4.97. The normalized spacial score (nSPS) is 10.9. The van der Waals surface area contributed by atoms with Crippen molar-refractivity contribution in [3.05, 3.63) is 29.3 Å². The number of hydrogen-bond acceptors (Lipinski definition) is 4. The summed E-state index contributed by atoms with van der Waals surface area (Å²) in [5.41, 5.74) is 1.40. The number of ketones is 1. The lowest BCUT2D eigenvalue weighted by atomic mass is 10.1. The van der Waals surface area contributed by atoms with Crippen LogP contribution >= 0.6 is 0 Å². The van der Waals surface area contributed by atoms with Crippen molar-refractivity contribution in [3.63, 3.8) is 0 Å². The highest BCUT2D eigenvalue weighted by Crippen LogP contribution is 2.20. The molecule has 1 aromatic carbocycles. The van der Waals surface area contributed by atoms with Gasteiger partial charge in [-0.3, -0.25) is 4.79 Å². The first-order valence-corrected chi connectivity index (χ1v) is 6.67. The topological polar surface area (TPSA) is 60.8 Å². The molecule has 0 atom stereocenters. The van der Waals surface area contributed by atoms with Crippen LogP contribution in [0, 0.1) is 0 Å². The van der Waals surface area contributed by atoms with Crippen molar-refractivity contribution < 1.29 is 15.0 Å². The Morgan fingerprint density at radius 2 is 2.00 bits per heavy atom. The molecule has 4 nitrogen and oxygen atoms in total. The van der Waals surface area contributed by atoms with Crippen molar-refractivity contribution in [1.29, 1.82) is 0 Å². The average Bonchev–Trinajstić information content (AvgIpc) is 2.37. The standard InChI is InChI=1S/C15H23NO3/c1-12(18)13-6-7-15(19)14(10-13)11-16(2)8-4-3-5-9-17/h6-7,10,17,19H,3-5,8-9,11H2,1-2H3. The van der Waals surface area contributed by atoms with Crippen molar-refractivity contribution in [1.82, 2.24) is 4.90 Å². The zero-order valence-corrected chi connectivity index (χ0v) is 11.7. The van der Waals surface area contributed by atoms with Crippen LogP contribution in [0.2, 0.25) is 0 Å². The van der Waals surface area contributed by atoms with Crippen LogP contribution in [0.1, 0.15) is 42.1 Å². The minimum Gasteiger partial charge on any atom is -0.508 e. The zero-order chi connectivity index (χ0) is 14.3. The highest BCUT2D eigenvalue weighted by Gasteiger charge is 2.08. The third-order valence-corrected chi connectivity index (χ3v) is 3.12. The molecular formula is C15H23NO3. The van der Waals surface area contributed by atoms with Crippen LogP contribution < -0.4 is 0 Å². The molecule has 0 spiro atoms. The number of aliphatic hydroxyl groups excluding tert-OH is 1.